The molecule has 1 nitrogen and oxygen atoms in total. The van der Waals surface area contributed by atoms with Crippen molar-refractivity contribution < 1.29 is 4.79 Å². The van der Waals surface area contributed by atoms with E-state index in [2.05, 4.69) is 13.0 Å². The summed E-state index contributed by atoms with van der Waals surface area (Å²) >= 11 is 0. The van der Waals surface area contributed by atoms with E-state index in [-0.39, 0.29) is 5.78 Å². The predicted molar refractivity (Wildman–Crippen MR) is 55.2 cm³/mol. The molecule has 0 unspecified atom stereocenters. The number of Topliss-reactive ketones (excluding diaryl/α,β-unsaturated/α-hetero) is 1. The second kappa shape index (κ2) is 4.22. The lowest BCUT2D eigenvalue weighted by molar-refractivity contribution is 0.0988. The minimum Gasteiger partial charge on any atom is -0.294 e. The Morgan fingerprint density at radius 1 is 1.23 bits per heavy atom. The Morgan fingerprint density at radius 2 is 1.92 bits per heavy atom. The van der Waals surface area contributed by atoms with Crippen molar-refractivity contribution in [2.45, 2.75) is 33.6 Å². The molecule has 1 heteroatoms. The van der Waals surface area contributed by atoms with Gasteiger partial charge in [-0.25, -0.2) is 0 Å². The van der Waals surface area contributed by atoms with Crippen molar-refractivity contribution in [3.05, 3.63) is 34.9 Å². The lowest BCUT2D eigenvalue weighted by atomic mass is 10.0. The van der Waals surface area contributed by atoms with Crippen LogP contribution >= 0.6 is 0 Å². The Balaban J connectivity index is 3.08. The molecule has 0 amide bonds. The topological polar surface area (TPSA) is 17.1 Å². The first-order valence-electron chi connectivity index (χ1n) is 4.81. The van der Waals surface area contributed by atoms with Crippen molar-refractivity contribution in [3.63, 3.8) is 0 Å². The molecular weight excluding hydrogens is 160 g/mol. The van der Waals surface area contributed by atoms with Gasteiger partial charge < -0.3 is 0 Å². The molecule has 1 aromatic rings. The molecule has 0 saturated heterocycles. The summed E-state index contributed by atoms with van der Waals surface area (Å²) in [6, 6.07) is 6.09. The van der Waals surface area contributed by atoms with E-state index in [9.17, 15) is 4.79 Å². The Morgan fingerprint density at radius 3 is 2.46 bits per heavy atom. The summed E-state index contributed by atoms with van der Waals surface area (Å²) < 4.78 is 0. The van der Waals surface area contributed by atoms with E-state index in [0.29, 0.717) is 6.42 Å². The van der Waals surface area contributed by atoms with Crippen LogP contribution in [-0.4, -0.2) is 5.78 Å². The van der Waals surface area contributed by atoms with Gasteiger partial charge in [-0.2, -0.15) is 0 Å². The molecule has 0 saturated carbocycles. The van der Waals surface area contributed by atoms with Crippen molar-refractivity contribution in [2.75, 3.05) is 0 Å². The van der Waals surface area contributed by atoms with Gasteiger partial charge in [0.05, 0.1) is 0 Å². The standard InChI is InChI=1S/C12H16O/c1-4-10-6-9(3)7-11(8-10)12(13)5-2/h6-8H,4-5H2,1-3H3. The number of aryl methyl sites for hydroxylation is 2. The number of carbonyl (C=O) groups excluding carboxylic acids is 1. The molecule has 1 rings (SSSR count). The van der Waals surface area contributed by atoms with Crippen molar-refractivity contribution in [1.82, 2.24) is 0 Å². The van der Waals surface area contributed by atoms with Crippen LogP contribution in [0.5, 0.6) is 0 Å². The number of hydrogen-bond acceptors (Lipinski definition) is 1. The summed E-state index contributed by atoms with van der Waals surface area (Å²) in [5.74, 6) is 0.235. The predicted octanol–water partition coefficient (Wildman–Crippen LogP) is 3.15. The highest BCUT2D eigenvalue weighted by atomic mass is 16.1. The smallest absolute Gasteiger partial charge is 0.162 e. The van der Waals surface area contributed by atoms with Gasteiger partial charge in [-0.05, 0) is 31.0 Å². The van der Waals surface area contributed by atoms with Crippen molar-refractivity contribution in [2.24, 2.45) is 0 Å². The van der Waals surface area contributed by atoms with Gasteiger partial charge >= 0.3 is 0 Å². The van der Waals surface area contributed by atoms with Crippen LogP contribution in [0.15, 0.2) is 18.2 Å². The van der Waals surface area contributed by atoms with E-state index < -0.39 is 0 Å². The van der Waals surface area contributed by atoms with Gasteiger partial charge in [-0.15, -0.1) is 0 Å². The first-order chi connectivity index (χ1) is 6.17. The maximum absolute atomic E-state index is 11.4. The number of carbonyl (C=O) groups is 1. The molecule has 0 atom stereocenters. The van der Waals surface area contributed by atoms with Gasteiger partial charge in [0.15, 0.2) is 5.78 Å². The highest BCUT2D eigenvalue weighted by Crippen LogP contribution is 2.12. The molecule has 0 aliphatic carbocycles. The van der Waals surface area contributed by atoms with E-state index in [1.807, 2.05) is 26.0 Å². The molecule has 1 aromatic carbocycles. The molecule has 70 valence electrons. The molecule has 0 aliphatic heterocycles. The van der Waals surface area contributed by atoms with Crippen LogP contribution < -0.4 is 0 Å². The van der Waals surface area contributed by atoms with E-state index in [4.69, 9.17) is 0 Å². The highest BCUT2D eigenvalue weighted by Gasteiger charge is 2.04. The van der Waals surface area contributed by atoms with Gasteiger partial charge in [0.1, 0.15) is 0 Å². The Bertz CT molecular complexity index is 313. The lowest BCUT2D eigenvalue weighted by Crippen LogP contribution is -1.98. The van der Waals surface area contributed by atoms with Crippen LogP contribution in [0.3, 0.4) is 0 Å². The monoisotopic (exact) mass is 176 g/mol. The average molecular weight is 176 g/mol. The van der Waals surface area contributed by atoms with E-state index in [1.165, 1.54) is 11.1 Å². The van der Waals surface area contributed by atoms with Gasteiger partial charge in [0.2, 0.25) is 0 Å². The minimum absolute atomic E-state index is 0.235. The number of hydrogen-bond donors (Lipinski definition) is 0. The SMILES string of the molecule is CCC(=O)c1cc(C)cc(CC)c1. The fourth-order valence-corrected chi connectivity index (χ4v) is 1.43. The van der Waals surface area contributed by atoms with E-state index >= 15 is 0 Å². The Hall–Kier alpha value is -1.11. The average Bonchev–Trinajstić information content (AvgIpc) is 2.15. The maximum atomic E-state index is 11.4. The highest BCUT2D eigenvalue weighted by molar-refractivity contribution is 5.96. The normalized spacial score (nSPS) is 10.1. The molecule has 0 heterocycles. The Labute approximate surface area is 79.8 Å². The first kappa shape index (κ1) is 9.97. The zero-order valence-corrected chi connectivity index (χ0v) is 8.55. The van der Waals surface area contributed by atoms with Gasteiger partial charge in [-0.3, -0.25) is 4.79 Å². The quantitative estimate of drug-likeness (QED) is 0.646. The molecule has 0 bridgehead atoms. The molecule has 0 aliphatic rings. The van der Waals surface area contributed by atoms with Crippen LogP contribution in [0.1, 0.15) is 41.8 Å². The molecule has 0 N–H and O–H groups in total. The van der Waals surface area contributed by atoms with Gasteiger partial charge in [0, 0.05) is 12.0 Å². The summed E-state index contributed by atoms with van der Waals surface area (Å²) in [5, 5.41) is 0. The Kier molecular flexibility index (Phi) is 3.24. The van der Waals surface area contributed by atoms with Crippen molar-refractivity contribution in [3.8, 4) is 0 Å². The van der Waals surface area contributed by atoms with E-state index in [1.54, 1.807) is 0 Å². The molecular formula is C12H16O. The largest absolute Gasteiger partial charge is 0.294 e. The molecule has 0 aromatic heterocycles. The van der Waals surface area contributed by atoms with Crippen LogP contribution in [0.4, 0.5) is 0 Å². The number of benzene rings is 1. The summed E-state index contributed by atoms with van der Waals surface area (Å²) in [6.07, 6.45) is 1.58. The number of rotatable bonds is 3. The zero-order valence-electron chi connectivity index (χ0n) is 8.55. The third-order valence-electron chi connectivity index (χ3n) is 2.19. The van der Waals surface area contributed by atoms with Crippen LogP contribution in [-0.2, 0) is 6.42 Å². The van der Waals surface area contributed by atoms with Crippen LogP contribution in [0.25, 0.3) is 0 Å². The molecule has 13 heavy (non-hydrogen) atoms. The van der Waals surface area contributed by atoms with E-state index in [0.717, 1.165) is 12.0 Å². The van der Waals surface area contributed by atoms with Crippen molar-refractivity contribution >= 4 is 5.78 Å². The first-order valence-corrected chi connectivity index (χ1v) is 4.81. The second-order valence-electron chi connectivity index (χ2n) is 3.34. The molecule has 0 fully saturated rings. The molecule has 0 spiro atoms. The summed E-state index contributed by atoms with van der Waals surface area (Å²) in [4.78, 5) is 11.4. The summed E-state index contributed by atoms with van der Waals surface area (Å²) in [5.41, 5.74) is 3.28. The number of ketones is 1. The van der Waals surface area contributed by atoms with Gasteiger partial charge in [0.25, 0.3) is 0 Å². The minimum atomic E-state index is 0.235. The fraction of sp³-hybridized carbons (Fsp3) is 0.417. The fourth-order valence-electron chi connectivity index (χ4n) is 1.43. The van der Waals surface area contributed by atoms with Gasteiger partial charge in [-0.1, -0.05) is 25.5 Å². The molecule has 0 radical (unpaired) electrons. The summed E-state index contributed by atoms with van der Waals surface area (Å²) in [7, 11) is 0. The lowest BCUT2D eigenvalue weighted by Gasteiger charge is -2.03. The maximum Gasteiger partial charge on any atom is 0.162 e. The van der Waals surface area contributed by atoms with Crippen LogP contribution in [0.2, 0.25) is 0 Å². The second-order valence-corrected chi connectivity index (χ2v) is 3.34. The van der Waals surface area contributed by atoms with Crippen LogP contribution in [0, 0.1) is 6.92 Å². The van der Waals surface area contributed by atoms with Crippen molar-refractivity contribution in [1.29, 1.82) is 0 Å². The third kappa shape index (κ3) is 2.41. The zero-order chi connectivity index (χ0) is 9.84. The third-order valence-corrected chi connectivity index (χ3v) is 2.19. The summed E-state index contributed by atoms with van der Waals surface area (Å²) in [6.45, 7) is 6.04.